The Morgan fingerprint density at radius 3 is 2.71 bits per heavy atom. The van der Waals surface area contributed by atoms with Crippen LogP contribution in [0.2, 0.25) is 0 Å². The van der Waals surface area contributed by atoms with Gasteiger partial charge in [0.1, 0.15) is 0 Å². The Morgan fingerprint density at radius 1 is 1.29 bits per heavy atom. The van der Waals surface area contributed by atoms with Crippen LogP contribution in [0, 0.1) is 0 Å². The number of aliphatic hydroxyl groups is 1. The van der Waals surface area contributed by atoms with Gasteiger partial charge in [0.2, 0.25) is 5.91 Å². The van der Waals surface area contributed by atoms with Crippen molar-refractivity contribution in [1.82, 2.24) is 10.6 Å². The molecule has 1 saturated carbocycles. The molecule has 0 bridgehead atoms. The van der Waals surface area contributed by atoms with Gasteiger partial charge in [-0.3, -0.25) is 9.59 Å². The smallest absolute Gasteiger partial charge is 0.252 e. The van der Waals surface area contributed by atoms with E-state index in [1.54, 1.807) is 11.4 Å². The summed E-state index contributed by atoms with van der Waals surface area (Å²) in [6, 6.07) is 1.77. The minimum Gasteiger partial charge on any atom is -0.388 e. The molecule has 0 aromatic carbocycles. The maximum absolute atomic E-state index is 11.7. The molecular formula is C15H22N2O3S. The molecule has 0 atom stereocenters. The van der Waals surface area contributed by atoms with Gasteiger partial charge in [-0.15, -0.1) is 0 Å². The van der Waals surface area contributed by atoms with Crippen LogP contribution in [0.1, 0.15) is 48.9 Å². The van der Waals surface area contributed by atoms with E-state index in [0.717, 1.165) is 25.7 Å². The molecule has 21 heavy (non-hydrogen) atoms. The predicted octanol–water partition coefficient (Wildman–Crippen LogP) is 1.68. The van der Waals surface area contributed by atoms with Crippen molar-refractivity contribution >= 4 is 23.2 Å². The highest BCUT2D eigenvalue weighted by atomic mass is 32.1. The number of hydrogen-bond acceptors (Lipinski definition) is 4. The zero-order valence-electron chi connectivity index (χ0n) is 12.1. The summed E-state index contributed by atoms with van der Waals surface area (Å²) in [5.41, 5.74) is -0.0454. The lowest BCUT2D eigenvalue weighted by Crippen LogP contribution is -2.40. The van der Waals surface area contributed by atoms with E-state index in [2.05, 4.69) is 10.6 Å². The maximum atomic E-state index is 11.7. The van der Waals surface area contributed by atoms with Crippen LogP contribution in [0.15, 0.2) is 16.8 Å². The highest BCUT2D eigenvalue weighted by Crippen LogP contribution is 2.28. The first-order chi connectivity index (χ1) is 10.1. The topological polar surface area (TPSA) is 78.4 Å². The molecule has 0 unspecified atom stereocenters. The first-order valence-electron chi connectivity index (χ1n) is 7.39. The highest BCUT2D eigenvalue weighted by Gasteiger charge is 2.31. The number of thiophene rings is 1. The molecule has 0 spiro atoms. The molecule has 116 valence electrons. The molecule has 0 radical (unpaired) electrons. The van der Waals surface area contributed by atoms with Gasteiger partial charge in [-0.25, -0.2) is 0 Å². The Hall–Kier alpha value is -1.40. The van der Waals surface area contributed by atoms with E-state index in [9.17, 15) is 14.7 Å². The molecular weight excluding hydrogens is 288 g/mol. The molecule has 1 aliphatic carbocycles. The Bertz CT molecular complexity index is 467. The van der Waals surface area contributed by atoms with Gasteiger partial charge in [0.15, 0.2) is 0 Å². The Balaban J connectivity index is 1.56. The fourth-order valence-electron chi connectivity index (χ4n) is 2.51. The quantitative estimate of drug-likeness (QED) is 0.671. The average Bonchev–Trinajstić information content (AvgIpc) is 3.13. The summed E-state index contributed by atoms with van der Waals surface area (Å²) >= 11 is 1.48. The summed E-state index contributed by atoms with van der Waals surface area (Å²) in [4.78, 5) is 23.3. The van der Waals surface area contributed by atoms with Crippen molar-refractivity contribution in [3.63, 3.8) is 0 Å². The monoisotopic (exact) mass is 310 g/mol. The van der Waals surface area contributed by atoms with Gasteiger partial charge in [0.25, 0.3) is 5.91 Å². The largest absolute Gasteiger partial charge is 0.388 e. The lowest BCUT2D eigenvalue weighted by Gasteiger charge is -2.22. The molecule has 6 heteroatoms. The lowest BCUT2D eigenvalue weighted by molar-refractivity contribution is -0.122. The summed E-state index contributed by atoms with van der Waals surface area (Å²) in [5.74, 6) is -0.169. The maximum Gasteiger partial charge on any atom is 0.252 e. The van der Waals surface area contributed by atoms with Gasteiger partial charge >= 0.3 is 0 Å². The van der Waals surface area contributed by atoms with Crippen molar-refractivity contribution in [1.29, 1.82) is 0 Å². The lowest BCUT2D eigenvalue weighted by atomic mass is 10.0. The van der Waals surface area contributed by atoms with Crippen LogP contribution < -0.4 is 10.6 Å². The van der Waals surface area contributed by atoms with Crippen LogP contribution >= 0.6 is 11.3 Å². The van der Waals surface area contributed by atoms with Gasteiger partial charge in [0.05, 0.1) is 5.60 Å². The van der Waals surface area contributed by atoms with Gasteiger partial charge < -0.3 is 15.7 Å². The van der Waals surface area contributed by atoms with Crippen molar-refractivity contribution in [3.8, 4) is 0 Å². The van der Waals surface area contributed by atoms with Crippen LogP contribution in [0.5, 0.6) is 0 Å². The molecule has 1 aliphatic rings. The van der Waals surface area contributed by atoms with Crippen molar-refractivity contribution in [2.75, 3.05) is 13.1 Å². The summed E-state index contributed by atoms with van der Waals surface area (Å²) in [6.45, 7) is 0.819. The number of rotatable bonds is 7. The molecule has 1 aromatic rings. The third-order valence-electron chi connectivity index (χ3n) is 3.80. The Labute approximate surface area is 128 Å². The van der Waals surface area contributed by atoms with E-state index < -0.39 is 5.60 Å². The summed E-state index contributed by atoms with van der Waals surface area (Å²) in [6.07, 6.45) is 4.55. The van der Waals surface area contributed by atoms with Crippen molar-refractivity contribution < 1.29 is 14.7 Å². The van der Waals surface area contributed by atoms with E-state index in [0.29, 0.717) is 31.5 Å². The van der Waals surface area contributed by atoms with Gasteiger partial charge in [-0.2, -0.15) is 11.3 Å². The number of carbonyl (C=O) groups is 2. The van der Waals surface area contributed by atoms with Crippen LogP contribution in [0.4, 0.5) is 0 Å². The van der Waals surface area contributed by atoms with E-state index >= 15 is 0 Å². The summed E-state index contributed by atoms with van der Waals surface area (Å²) < 4.78 is 0. The van der Waals surface area contributed by atoms with Gasteiger partial charge in [0, 0.05) is 30.5 Å². The Morgan fingerprint density at radius 2 is 2.05 bits per heavy atom. The predicted molar refractivity (Wildman–Crippen MR) is 82.3 cm³/mol. The van der Waals surface area contributed by atoms with E-state index in [1.807, 2.05) is 5.38 Å². The fraction of sp³-hybridized carbons (Fsp3) is 0.600. The van der Waals surface area contributed by atoms with Crippen molar-refractivity contribution in [2.24, 2.45) is 0 Å². The second-order valence-corrected chi connectivity index (χ2v) is 6.36. The summed E-state index contributed by atoms with van der Waals surface area (Å²) in [5, 5.41) is 19.3. The third-order valence-corrected chi connectivity index (χ3v) is 4.48. The number of amides is 2. The number of hydrogen-bond donors (Lipinski definition) is 3. The third kappa shape index (κ3) is 5.13. The highest BCUT2D eigenvalue weighted by molar-refractivity contribution is 7.08. The molecule has 1 aromatic heterocycles. The van der Waals surface area contributed by atoms with E-state index in [-0.39, 0.29) is 11.8 Å². The standard InChI is InChI=1S/C15H22N2O3S/c18-13(17-11-15(20)6-1-2-7-15)4-3-8-16-14(19)12-5-9-21-10-12/h5,9-10,20H,1-4,6-8,11H2,(H,16,19)(H,17,18). The minimum absolute atomic E-state index is 0.0693. The van der Waals surface area contributed by atoms with Crippen LogP contribution in [0.25, 0.3) is 0 Å². The minimum atomic E-state index is -0.706. The zero-order chi connectivity index (χ0) is 15.1. The van der Waals surface area contributed by atoms with Crippen molar-refractivity contribution in [3.05, 3.63) is 22.4 Å². The number of carbonyl (C=O) groups excluding carboxylic acids is 2. The molecule has 1 heterocycles. The molecule has 5 nitrogen and oxygen atoms in total. The molecule has 2 amide bonds. The first-order valence-corrected chi connectivity index (χ1v) is 8.33. The number of nitrogens with one attached hydrogen (secondary N) is 2. The second-order valence-electron chi connectivity index (χ2n) is 5.58. The van der Waals surface area contributed by atoms with Crippen LogP contribution in [0.3, 0.4) is 0 Å². The van der Waals surface area contributed by atoms with Gasteiger partial charge in [-0.05, 0) is 30.7 Å². The SMILES string of the molecule is O=C(CCCNC(=O)c1ccsc1)NCC1(O)CCCC1. The van der Waals surface area contributed by atoms with Crippen molar-refractivity contribution in [2.45, 2.75) is 44.1 Å². The molecule has 0 aliphatic heterocycles. The molecule has 1 fully saturated rings. The second kappa shape index (κ2) is 7.56. The molecule has 0 saturated heterocycles. The molecule has 3 N–H and O–H groups in total. The fourth-order valence-corrected chi connectivity index (χ4v) is 3.14. The van der Waals surface area contributed by atoms with Crippen LogP contribution in [-0.2, 0) is 4.79 Å². The van der Waals surface area contributed by atoms with Crippen LogP contribution in [-0.4, -0.2) is 35.6 Å². The van der Waals surface area contributed by atoms with E-state index in [4.69, 9.17) is 0 Å². The zero-order valence-corrected chi connectivity index (χ0v) is 12.9. The van der Waals surface area contributed by atoms with Gasteiger partial charge in [-0.1, -0.05) is 12.8 Å². The Kier molecular flexibility index (Phi) is 5.76. The average molecular weight is 310 g/mol. The normalized spacial score (nSPS) is 16.6. The molecule has 2 rings (SSSR count). The summed E-state index contributed by atoms with van der Waals surface area (Å²) in [7, 11) is 0. The van der Waals surface area contributed by atoms with E-state index in [1.165, 1.54) is 11.3 Å². The first kappa shape index (κ1) is 16.0.